The average Bonchev–Trinajstić information content (AvgIpc) is 2.64. The van der Waals surface area contributed by atoms with E-state index in [0.717, 1.165) is 0 Å². The van der Waals surface area contributed by atoms with Gasteiger partial charge in [-0.05, 0) is 36.4 Å². The molecular formula is C18H14N4O4. The lowest BCUT2D eigenvalue weighted by molar-refractivity contribution is -0.383. The van der Waals surface area contributed by atoms with Gasteiger partial charge in [0.1, 0.15) is 5.69 Å². The van der Waals surface area contributed by atoms with Gasteiger partial charge >= 0.3 is 0 Å². The number of nitro groups is 1. The van der Waals surface area contributed by atoms with Crippen LogP contribution in [0.3, 0.4) is 0 Å². The van der Waals surface area contributed by atoms with Gasteiger partial charge in [-0.1, -0.05) is 18.2 Å². The van der Waals surface area contributed by atoms with E-state index in [-0.39, 0.29) is 28.5 Å². The summed E-state index contributed by atoms with van der Waals surface area (Å²) in [6.45, 7) is 0. The number of nitrogens with zero attached hydrogens (tertiary/aromatic N) is 2. The van der Waals surface area contributed by atoms with Crippen LogP contribution in [0.25, 0.3) is 0 Å². The highest BCUT2D eigenvalue weighted by atomic mass is 16.6. The minimum atomic E-state index is -0.617. The number of nitrogens with one attached hydrogen (secondary N) is 2. The smallest absolute Gasteiger partial charge is 0.293 e. The molecular weight excluding hydrogens is 336 g/mol. The van der Waals surface area contributed by atoms with Crippen LogP contribution < -0.4 is 10.6 Å². The summed E-state index contributed by atoms with van der Waals surface area (Å²) >= 11 is 0. The number of aromatic nitrogens is 1. The number of benzene rings is 2. The summed E-state index contributed by atoms with van der Waals surface area (Å²) in [5.41, 5.74) is 0.775. The first kappa shape index (κ1) is 16.9. The normalized spacial score (nSPS) is 10.2. The molecule has 0 fully saturated rings. The Labute approximate surface area is 148 Å². The van der Waals surface area contributed by atoms with E-state index in [1.54, 1.807) is 24.3 Å². The molecule has 26 heavy (non-hydrogen) atoms. The van der Waals surface area contributed by atoms with Crippen LogP contribution >= 0.6 is 0 Å². The molecule has 0 spiro atoms. The SMILES string of the molecule is O=C(Nc1ncccc1O)c1ccc(Nc2ccccc2)c([N+](=O)[O-])c1. The van der Waals surface area contributed by atoms with Gasteiger partial charge in [-0.2, -0.15) is 0 Å². The van der Waals surface area contributed by atoms with Crippen molar-refractivity contribution < 1.29 is 14.8 Å². The number of amides is 1. The molecule has 3 N–H and O–H groups in total. The zero-order chi connectivity index (χ0) is 18.5. The van der Waals surface area contributed by atoms with Crippen LogP contribution in [0.5, 0.6) is 5.75 Å². The fourth-order valence-electron chi connectivity index (χ4n) is 2.28. The van der Waals surface area contributed by atoms with Crippen LogP contribution in [0, 0.1) is 10.1 Å². The Kier molecular flexibility index (Phi) is 4.75. The number of para-hydroxylation sites is 1. The number of hydrogen-bond donors (Lipinski definition) is 3. The van der Waals surface area contributed by atoms with Gasteiger partial charge < -0.3 is 15.7 Å². The Morgan fingerprint density at radius 1 is 1.08 bits per heavy atom. The molecule has 0 unspecified atom stereocenters. The predicted octanol–water partition coefficient (Wildman–Crippen LogP) is 3.69. The van der Waals surface area contributed by atoms with E-state index in [2.05, 4.69) is 15.6 Å². The standard InChI is InChI=1S/C18H14N4O4/c23-16-7-4-10-19-17(16)21-18(24)12-8-9-14(15(11-12)22(25)26)20-13-5-2-1-3-6-13/h1-11,20,23H,(H,19,21,24). The Bertz CT molecular complexity index is 960. The Hall–Kier alpha value is -3.94. The molecule has 8 nitrogen and oxygen atoms in total. The summed E-state index contributed by atoms with van der Waals surface area (Å²) in [4.78, 5) is 27.0. The molecule has 0 aliphatic heterocycles. The third-order valence-electron chi connectivity index (χ3n) is 3.53. The summed E-state index contributed by atoms with van der Waals surface area (Å²) in [6.07, 6.45) is 1.41. The molecule has 3 rings (SSSR count). The van der Waals surface area contributed by atoms with Crippen molar-refractivity contribution in [2.75, 3.05) is 10.6 Å². The van der Waals surface area contributed by atoms with Crippen molar-refractivity contribution >= 4 is 28.8 Å². The summed E-state index contributed by atoms with van der Waals surface area (Å²) < 4.78 is 0. The maximum Gasteiger partial charge on any atom is 0.293 e. The second-order valence-corrected chi connectivity index (χ2v) is 5.31. The molecule has 2 aromatic carbocycles. The highest BCUT2D eigenvalue weighted by Gasteiger charge is 2.18. The molecule has 0 saturated carbocycles. The lowest BCUT2D eigenvalue weighted by Gasteiger charge is -2.09. The summed E-state index contributed by atoms with van der Waals surface area (Å²) in [5.74, 6) is -0.835. The lowest BCUT2D eigenvalue weighted by Crippen LogP contribution is -2.13. The number of hydrogen-bond acceptors (Lipinski definition) is 6. The van der Waals surface area contributed by atoms with Crippen molar-refractivity contribution in [1.82, 2.24) is 4.98 Å². The molecule has 0 bridgehead atoms. The minimum Gasteiger partial charge on any atom is -0.504 e. The van der Waals surface area contributed by atoms with Crippen molar-refractivity contribution in [3.05, 3.63) is 82.5 Å². The number of carbonyl (C=O) groups excluding carboxylic acids is 1. The van der Waals surface area contributed by atoms with Gasteiger partial charge in [0.15, 0.2) is 11.6 Å². The molecule has 0 aliphatic carbocycles. The quantitative estimate of drug-likeness (QED) is 0.477. The van der Waals surface area contributed by atoms with Crippen LogP contribution in [-0.2, 0) is 0 Å². The first-order valence-electron chi connectivity index (χ1n) is 7.60. The second-order valence-electron chi connectivity index (χ2n) is 5.31. The van der Waals surface area contributed by atoms with Crippen LogP contribution in [0.1, 0.15) is 10.4 Å². The minimum absolute atomic E-state index is 0.0216. The molecule has 0 saturated heterocycles. The van der Waals surface area contributed by atoms with Crippen LogP contribution in [0.15, 0.2) is 66.9 Å². The molecule has 0 radical (unpaired) electrons. The maximum absolute atomic E-state index is 12.3. The first-order valence-corrected chi connectivity index (χ1v) is 7.60. The molecule has 1 amide bonds. The zero-order valence-electron chi connectivity index (χ0n) is 13.4. The van der Waals surface area contributed by atoms with Crippen LogP contribution in [-0.4, -0.2) is 20.9 Å². The number of nitro benzene ring substituents is 1. The summed E-state index contributed by atoms with van der Waals surface area (Å²) in [5, 5.41) is 26.4. The third-order valence-corrected chi connectivity index (χ3v) is 3.53. The Balaban J connectivity index is 1.87. The molecule has 8 heteroatoms. The van der Waals surface area contributed by atoms with Crippen molar-refractivity contribution in [1.29, 1.82) is 0 Å². The van der Waals surface area contributed by atoms with Gasteiger partial charge in [0, 0.05) is 23.5 Å². The van der Waals surface area contributed by atoms with Gasteiger partial charge in [-0.3, -0.25) is 14.9 Å². The summed E-state index contributed by atoms with van der Waals surface area (Å²) in [7, 11) is 0. The molecule has 130 valence electrons. The third kappa shape index (κ3) is 3.75. The van der Waals surface area contributed by atoms with Gasteiger partial charge in [0.2, 0.25) is 0 Å². The van der Waals surface area contributed by atoms with Gasteiger partial charge in [0.25, 0.3) is 11.6 Å². The van der Waals surface area contributed by atoms with Crippen LogP contribution in [0.4, 0.5) is 22.9 Å². The van der Waals surface area contributed by atoms with E-state index in [0.29, 0.717) is 5.69 Å². The van der Waals surface area contributed by atoms with E-state index in [1.165, 1.54) is 36.5 Å². The molecule has 0 atom stereocenters. The number of aromatic hydroxyl groups is 1. The van der Waals surface area contributed by atoms with E-state index >= 15 is 0 Å². The Morgan fingerprint density at radius 3 is 2.54 bits per heavy atom. The first-order chi connectivity index (χ1) is 12.5. The van der Waals surface area contributed by atoms with Gasteiger partial charge in [-0.25, -0.2) is 4.98 Å². The second kappa shape index (κ2) is 7.31. The fraction of sp³-hybridized carbons (Fsp3) is 0. The number of rotatable bonds is 5. The molecule has 1 heterocycles. The van der Waals surface area contributed by atoms with Crippen molar-refractivity contribution in [3.8, 4) is 5.75 Å². The lowest BCUT2D eigenvalue weighted by atomic mass is 10.1. The maximum atomic E-state index is 12.3. The largest absolute Gasteiger partial charge is 0.504 e. The fourth-order valence-corrected chi connectivity index (χ4v) is 2.28. The summed E-state index contributed by atoms with van der Waals surface area (Å²) in [6, 6.07) is 15.9. The van der Waals surface area contributed by atoms with E-state index < -0.39 is 10.8 Å². The average molecular weight is 350 g/mol. The number of anilines is 3. The van der Waals surface area contributed by atoms with Gasteiger partial charge in [-0.15, -0.1) is 0 Å². The molecule has 1 aromatic heterocycles. The highest BCUT2D eigenvalue weighted by molar-refractivity contribution is 6.05. The molecule has 3 aromatic rings. The zero-order valence-corrected chi connectivity index (χ0v) is 13.4. The van der Waals surface area contributed by atoms with Crippen molar-refractivity contribution in [2.24, 2.45) is 0 Å². The van der Waals surface area contributed by atoms with Gasteiger partial charge in [0.05, 0.1) is 4.92 Å². The Morgan fingerprint density at radius 2 is 1.85 bits per heavy atom. The van der Waals surface area contributed by atoms with Crippen LogP contribution in [0.2, 0.25) is 0 Å². The highest BCUT2D eigenvalue weighted by Crippen LogP contribution is 2.29. The number of carbonyl (C=O) groups is 1. The van der Waals surface area contributed by atoms with E-state index in [9.17, 15) is 20.0 Å². The molecule has 0 aliphatic rings. The van der Waals surface area contributed by atoms with Crippen molar-refractivity contribution in [2.45, 2.75) is 0 Å². The van der Waals surface area contributed by atoms with Crippen molar-refractivity contribution in [3.63, 3.8) is 0 Å². The monoisotopic (exact) mass is 350 g/mol. The predicted molar refractivity (Wildman–Crippen MR) is 96.7 cm³/mol. The van der Waals surface area contributed by atoms with E-state index in [4.69, 9.17) is 0 Å². The number of pyridine rings is 1. The van der Waals surface area contributed by atoms with E-state index in [1.807, 2.05) is 6.07 Å². The topological polar surface area (TPSA) is 117 Å².